The quantitative estimate of drug-likeness (QED) is 0.801. The van der Waals surface area contributed by atoms with E-state index in [1.165, 1.54) is 12.0 Å². The number of methoxy groups -OCH3 is 1. The number of nitriles is 1. The van der Waals surface area contributed by atoms with Crippen molar-refractivity contribution < 1.29 is 9.53 Å². The van der Waals surface area contributed by atoms with Gasteiger partial charge in [-0.05, 0) is 26.0 Å². The maximum Gasteiger partial charge on any atom is 0.258 e. The highest BCUT2D eigenvalue weighted by Gasteiger charge is 2.29. The van der Waals surface area contributed by atoms with Crippen LogP contribution in [0.25, 0.3) is 0 Å². The number of carbonyl (C=O) groups excluding carboxylic acids is 1. The van der Waals surface area contributed by atoms with E-state index >= 15 is 0 Å². The molecule has 4 nitrogen and oxygen atoms in total. The molecule has 0 fully saturated rings. The van der Waals surface area contributed by atoms with Gasteiger partial charge in [0.15, 0.2) is 0 Å². The van der Waals surface area contributed by atoms with Crippen LogP contribution in [0.15, 0.2) is 24.3 Å². The van der Waals surface area contributed by atoms with Crippen molar-refractivity contribution in [2.24, 2.45) is 0 Å². The molecule has 17 heavy (non-hydrogen) atoms. The van der Waals surface area contributed by atoms with Gasteiger partial charge in [0.25, 0.3) is 5.91 Å². The minimum atomic E-state index is -0.849. The zero-order valence-corrected chi connectivity index (χ0v) is 10.5. The molecule has 0 atom stereocenters. The molecule has 1 rings (SSSR count). The van der Waals surface area contributed by atoms with E-state index in [4.69, 9.17) is 10.00 Å². The van der Waals surface area contributed by atoms with E-state index in [0.717, 1.165) is 0 Å². The summed E-state index contributed by atoms with van der Waals surface area (Å²) >= 11 is 0. The number of amides is 1. The van der Waals surface area contributed by atoms with Crippen molar-refractivity contribution in [2.75, 3.05) is 14.2 Å². The summed E-state index contributed by atoms with van der Waals surface area (Å²) in [6, 6.07) is 9.07. The number of hydrogen-bond acceptors (Lipinski definition) is 3. The Hall–Kier alpha value is -2.02. The molecule has 0 radical (unpaired) electrons. The Morgan fingerprint density at radius 2 is 2.00 bits per heavy atom. The van der Waals surface area contributed by atoms with Gasteiger partial charge in [-0.15, -0.1) is 0 Å². The number of benzene rings is 1. The SMILES string of the molecule is COc1ccccc1C(=O)N(C)C(C)(C)C#N. The molecule has 0 aromatic heterocycles. The molecule has 0 saturated carbocycles. The van der Waals surface area contributed by atoms with Crippen molar-refractivity contribution >= 4 is 5.91 Å². The lowest BCUT2D eigenvalue weighted by Gasteiger charge is -2.29. The predicted molar refractivity (Wildman–Crippen MR) is 64.8 cm³/mol. The van der Waals surface area contributed by atoms with Gasteiger partial charge in [-0.25, -0.2) is 0 Å². The van der Waals surface area contributed by atoms with Crippen LogP contribution < -0.4 is 4.74 Å². The highest BCUT2D eigenvalue weighted by molar-refractivity contribution is 5.97. The Bertz CT molecular complexity index is 461. The van der Waals surface area contributed by atoms with Gasteiger partial charge in [-0.3, -0.25) is 4.79 Å². The molecule has 0 unspecified atom stereocenters. The minimum Gasteiger partial charge on any atom is -0.496 e. The molecule has 0 saturated heterocycles. The largest absolute Gasteiger partial charge is 0.496 e. The van der Waals surface area contributed by atoms with E-state index in [1.807, 2.05) is 0 Å². The third-order valence-electron chi connectivity index (χ3n) is 2.75. The molecule has 0 aliphatic heterocycles. The number of hydrogen-bond donors (Lipinski definition) is 0. The third-order valence-corrected chi connectivity index (χ3v) is 2.75. The number of ether oxygens (including phenoxy) is 1. The summed E-state index contributed by atoms with van der Waals surface area (Å²) in [5, 5.41) is 9.01. The van der Waals surface area contributed by atoms with E-state index < -0.39 is 5.54 Å². The molecule has 90 valence electrons. The first kappa shape index (κ1) is 13.0. The Kier molecular flexibility index (Phi) is 3.74. The molecule has 0 bridgehead atoms. The molecule has 1 aromatic rings. The maximum absolute atomic E-state index is 12.2. The first-order chi connectivity index (χ1) is 7.94. The van der Waals surface area contributed by atoms with Gasteiger partial charge < -0.3 is 9.64 Å². The van der Waals surface area contributed by atoms with E-state index in [0.29, 0.717) is 11.3 Å². The van der Waals surface area contributed by atoms with Gasteiger partial charge in [-0.2, -0.15) is 5.26 Å². The Morgan fingerprint density at radius 1 is 1.41 bits per heavy atom. The lowest BCUT2D eigenvalue weighted by molar-refractivity contribution is 0.0695. The molecule has 0 aliphatic carbocycles. The first-order valence-electron chi connectivity index (χ1n) is 5.26. The van der Waals surface area contributed by atoms with Gasteiger partial charge in [0.05, 0.1) is 18.7 Å². The number of rotatable bonds is 3. The van der Waals surface area contributed by atoms with Crippen molar-refractivity contribution in [1.82, 2.24) is 4.90 Å². The van der Waals surface area contributed by atoms with Crippen LogP contribution in [-0.2, 0) is 0 Å². The van der Waals surface area contributed by atoms with Gasteiger partial charge >= 0.3 is 0 Å². The highest BCUT2D eigenvalue weighted by Crippen LogP contribution is 2.22. The number of carbonyl (C=O) groups is 1. The molecule has 0 spiro atoms. The van der Waals surface area contributed by atoms with Gasteiger partial charge in [0.1, 0.15) is 11.3 Å². The molecule has 4 heteroatoms. The summed E-state index contributed by atoms with van der Waals surface area (Å²) < 4.78 is 5.13. The van der Waals surface area contributed by atoms with Crippen molar-refractivity contribution in [3.63, 3.8) is 0 Å². The monoisotopic (exact) mass is 232 g/mol. The summed E-state index contributed by atoms with van der Waals surface area (Å²) in [7, 11) is 3.12. The van der Waals surface area contributed by atoms with Gasteiger partial charge in [0, 0.05) is 7.05 Å². The first-order valence-corrected chi connectivity index (χ1v) is 5.26. The van der Waals surface area contributed by atoms with Crippen LogP contribution >= 0.6 is 0 Å². The van der Waals surface area contributed by atoms with E-state index in [2.05, 4.69) is 6.07 Å². The van der Waals surface area contributed by atoms with Gasteiger partial charge in [0.2, 0.25) is 0 Å². The van der Waals surface area contributed by atoms with Crippen LogP contribution in [0, 0.1) is 11.3 Å². The lowest BCUT2D eigenvalue weighted by atomic mass is 10.0. The second kappa shape index (κ2) is 4.88. The maximum atomic E-state index is 12.2. The number of para-hydroxylation sites is 1. The van der Waals surface area contributed by atoms with Crippen LogP contribution in [0.1, 0.15) is 24.2 Å². The topological polar surface area (TPSA) is 53.3 Å². The number of nitrogens with zero attached hydrogens (tertiary/aromatic N) is 2. The zero-order chi connectivity index (χ0) is 13.1. The van der Waals surface area contributed by atoms with E-state index in [1.54, 1.807) is 45.2 Å². The van der Waals surface area contributed by atoms with Crippen molar-refractivity contribution in [2.45, 2.75) is 19.4 Å². The minimum absolute atomic E-state index is 0.228. The van der Waals surface area contributed by atoms with Crippen molar-refractivity contribution in [3.05, 3.63) is 29.8 Å². The standard InChI is InChI=1S/C13H16N2O2/c1-13(2,9-14)15(3)12(16)10-7-5-6-8-11(10)17-4/h5-8H,1-4H3. The van der Waals surface area contributed by atoms with Crippen molar-refractivity contribution in [3.8, 4) is 11.8 Å². The summed E-state index contributed by atoms with van der Waals surface area (Å²) in [4.78, 5) is 13.6. The van der Waals surface area contributed by atoms with E-state index in [-0.39, 0.29) is 5.91 Å². The fraction of sp³-hybridized carbons (Fsp3) is 0.385. The van der Waals surface area contributed by atoms with Crippen LogP contribution in [-0.4, -0.2) is 30.5 Å². The lowest BCUT2D eigenvalue weighted by Crippen LogP contribution is -2.43. The summed E-state index contributed by atoms with van der Waals surface area (Å²) in [5.74, 6) is 0.284. The average molecular weight is 232 g/mol. The Labute approximate surface area is 101 Å². The van der Waals surface area contributed by atoms with Crippen LogP contribution in [0.5, 0.6) is 5.75 Å². The highest BCUT2D eigenvalue weighted by atomic mass is 16.5. The average Bonchev–Trinajstić information content (AvgIpc) is 2.36. The summed E-state index contributed by atoms with van der Waals surface area (Å²) in [5.41, 5.74) is -0.390. The molecule has 0 aliphatic rings. The molecule has 0 N–H and O–H groups in total. The predicted octanol–water partition coefficient (Wildman–Crippen LogP) is 2.07. The Morgan fingerprint density at radius 3 is 2.53 bits per heavy atom. The summed E-state index contributed by atoms with van der Waals surface area (Å²) in [6.07, 6.45) is 0. The fourth-order valence-electron chi connectivity index (χ4n) is 1.33. The van der Waals surface area contributed by atoms with Crippen LogP contribution in [0.2, 0.25) is 0 Å². The smallest absolute Gasteiger partial charge is 0.258 e. The van der Waals surface area contributed by atoms with Crippen LogP contribution in [0.4, 0.5) is 0 Å². The fourth-order valence-corrected chi connectivity index (χ4v) is 1.33. The normalized spacial score (nSPS) is 10.5. The molecule has 0 heterocycles. The molecular formula is C13H16N2O2. The van der Waals surface area contributed by atoms with Crippen molar-refractivity contribution in [1.29, 1.82) is 5.26 Å². The molecular weight excluding hydrogens is 216 g/mol. The van der Waals surface area contributed by atoms with E-state index in [9.17, 15) is 4.79 Å². The van der Waals surface area contributed by atoms with Gasteiger partial charge in [-0.1, -0.05) is 12.1 Å². The molecule has 1 aromatic carbocycles. The second-order valence-electron chi connectivity index (χ2n) is 4.24. The molecule has 1 amide bonds. The zero-order valence-electron chi connectivity index (χ0n) is 10.5. The second-order valence-corrected chi connectivity index (χ2v) is 4.24. The Balaban J connectivity index is 3.10. The third kappa shape index (κ3) is 2.56. The summed E-state index contributed by atoms with van der Waals surface area (Å²) in [6.45, 7) is 3.39. The van der Waals surface area contributed by atoms with Crippen LogP contribution in [0.3, 0.4) is 0 Å².